The normalized spacial score (nSPS) is 10.8. The number of nitrogens with zero attached hydrogens (tertiary/aromatic N) is 2. The van der Waals surface area contributed by atoms with Crippen LogP contribution in [-0.2, 0) is 19.5 Å². The highest BCUT2D eigenvalue weighted by Crippen LogP contribution is 2.16. The second kappa shape index (κ2) is 8.74. The molecule has 5 heteroatoms. The third-order valence-corrected chi connectivity index (χ3v) is 5.17. The molecule has 0 saturated carbocycles. The summed E-state index contributed by atoms with van der Waals surface area (Å²) in [6.07, 6.45) is 4.43. The first kappa shape index (κ1) is 19.6. The van der Waals surface area contributed by atoms with Gasteiger partial charge in [0.1, 0.15) is 5.69 Å². The number of hydrogen-bond donors (Lipinski definition) is 1. The largest absolute Gasteiger partial charge is 0.329 e. The highest BCUT2D eigenvalue weighted by atomic mass is 16.2. The quantitative estimate of drug-likeness (QED) is 0.527. The number of amides is 1. The van der Waals surface area contributed by atoms with Gasteiger partial charge in [-0.3, -0.25) is 14.6 Å². The van der Waals surface area contributed by atoms with E-state index in [4.69, 9.17) is 0 Å². The molecule has 150 valence electrons. The minimum atomic E-state index is -0.259. The van der Waals surface area contributed by atoms with E-state index in [9.17, 15) is 9.59 Å². The van der Waals surface area contributed by atoms with Crippen LogP contribution in [0.25, 0.3) is 10.8 Å². The van der Waals surface area contributed by atoms with Crippen molar-refractivity contribution in [3.05, 3.63) is 112 Å². The van der Waals surface area contributed by atoms with Crippen LogP contribution < -0.4 is 5.56 Å². The summed E-state index contributed by atoms with van der Waals surface area (Å²) >= 11 is 0. The fraction of sp³-hybridized carbons (Fsp3) is 0.160. The van der Waals surface area contributed by atoms with Crippen molar-refractivity contribution >= 4 is 16.7 Å². The Balaban J connectivity index is 1.68. The second-order valence-electron chi connectivity index (χ2n) is 7.29. The Morgan fingerprint density at radius 3 is 2.40 bits per heavy atom. The van der Waals surface area contributed by atoms with Crippen molar-refractivity contribution in [3.8, 4) is 0 Å². The molecule has 2 heterocycles. The summed E-state index contributed by atoms with van der Waals surface area (Å²) in [5.74, 6) is -0.221. The number of carbonyl (C=O) groups excluding carboxylic acids is 1. The molecule has 2 aromatic heterocycles. The number of benzene rings is 2. The lowest BCUT2D eigenvalue weighted by Crippen LogP contribution is -2.32. The molecule has 0 fully saturated rings. The average molecular weight is 397 g/mol. The topological polar surface area (TPSA) is 66.1 Å². The van der Waals surface area contributed by atoms with E-state index in [0.717, 1.165) is 22.9 Å². The highest BCUT2D eigenvalue weighted by Gasteiger charge is 2.19. The van der Waals surface area contributed by atoms with E-state index in [1.165, 1.54) is 5.56 Å². The van der Waals surface area contributed by atoms with Crippen molar-refractivity contribution < 1.29 is 4.79 Å². The van der Waals surface area contributed by atoms with Crippen LogP contribution in [0.5, 0.6) is 0 Å². The summed E-state index contributed by atoms with van der Waals surface area (Å²) in [6, 6.07) is 21.1. The number of hydrogen-bond acceptors (Lipinski definition) is 3. The predicted octanol–water partition coefficient (Wildman–Crippen LogP) is 4.33. The Morgan fingerprint density at radius 2 is 1.67 bits per heavy atom. The monoisotopic (exact) mass is 397 g/mol. The molecule has 2 aromatic carbocycles. The Morgan fingerprint density at radius 1 is 0.933 bits per heavy atom. The molecule has 0 radical (unpaired) electrons. The van der Waals surface area contributed by atoms with Gasteiger partial charge >= 0.3 is 0 Å². The molecule has 0 aliphatic carbocycles. The third kappa shape index (κ3) is 4.30. The summed E-state index contributed by atoms with van der Waals surface area (Å²) in [7, 11) is 0. The van der Waals surface area contributed by atoms with E-state index in [2.05, 4.69) is 29.0 Å². The zero-order valence-corrected chi connectivity index (χ0v) is 16.8. The fourth-order valence-corrected chi connectivity index (χ4v) is 3.51. The zero-order valence-electron chi connectivity index (χ0n) is 16.8. The van der Waals surface area contributed by atoms with Crippen molar-refractivity contribution in [2.45, 2.75) is 26.4 Å². The maximum absolute atomic E-state index is 13.4. The number of rotatable bonds is 6. The van der Waals surface area contributed by atoms with Crippen LogP contribution >= 0.6 is 0 Å². The molecular weight excluding hydrogens is 374 g/mol. The van der Waals surface area contributed by atoms with E-state index in [-0.39, 0.29) is 17.2 Å². The van der Waals surface area contributed by atoms with Crippen molar-refractivity contribution in [3.63, 3.8) is 0 Å². The summed E-state index contributed by atoms with van der Waals surface area (Å²) in [5.41, 5.74) is 3.24. The SMILES string of the molecule is CCc1ccc(CN(Cc2cccnc2)C(=O)c2cc3ccccc3c(=O)[nH]2)cc1. The van der Waals surface area contributed by atoms with Gasteiger partial charge < -0.3 is 9.88 Å². The Kier molecular flexibility index (Phi) is 5.70. The van der Waals surface area contributed by atoms with Gasteiger partial charge in [-0.2, -0.15) is 0 Å². The highest BCUT2D eigenvalue weighted by molar-refractivity contribution is 5.96. The van der Waals surface area contributed by atoms with E-state index in [0.29, 0.717) is 18.5 Å². The molecule has 0 aliphatic heterocycles. The van der Waals surface area contributed by atoms with Gasteiger partial charge in [-0.25, -0.2) is 0 Å². The van der Waals surface area contributed by atoms with E-state index >= 15 is 0 Å². The van der Waals surface area contributed by atoms with Crippen LogP contribution in [0.4, 0.5) is 0 Å². The fourth-order valence-electron chi connectivity index (χ4n) is 3.51. The first-order chi connectivity index (χ1) is 14.6. The molecule has 0 unspecified atom stereocenters. The minimum Gasteiger partial charge on any atom is -0.329 e. The molecule has 0 spiro atoms. The molecule has 0 atom stereocenters. The number of nitrogens with one attached hydrogen (secondary N) is 1. The van der Waals surface area contributed by atoms with Gasteiger partial charge in [-0.05, 0) is 46.7 Å². The molecule has 4 aromatic rings. The molecule has 5 nitrogen and oxygen atoms in total. The van der Waals surface area contributed by atoms with Crippen LogP contribution in [0, 0.1) is 0 Å². The molecule has 1 amide bonds. The van der Waals surface area contributed by atoms with E-state index in [1.54, 1.807) is 29.4 Å². The molecule has 30 heavy (non-hydrogen) atoms. The summed E-state index contributed by atoms with van der Waals surface area (Å²) < 4.78 is 0. The minimum absolute atomic E-state index is 0.221. The number of aryl methyl sites for hydroxylation is 1. The zero-order chi connectivity index (χ0) is 20.9. The Bertz CT molecular complexity index is 1210. The van der Waals surface area contributed by atoms with Gasteiger partial charge in [-0.1, -0.05) is 55.5 Å². The lowest BCUT2D eigenvalue weighted by atomic mass is 10.1. The van der Waals surface area contributed by atoms with Gasteiger partial charge in [0.15, 0.2) is 0 Å². The molecular formula is C25H23N3O2. The standard InChI is InChI=1S/C25H23N3O2/c1-2-18-9-11-19(12-10-18)16-28(17-20-6-5-13-26-15-20)25(30)23-14-21-7-3-4-8-22(21)24(29)27-23/h3-15H,2,16-17H2,1H3,(H,27,29). The molecule has 0 aliphatic rings. The van der Waals surface area contributed by atoms with E-state index < -0.39 is 0 Å². The van der Waals surface area contributed by atoms with Crippen molar-refractivity contribution in [1.82, 2.24) is 14.9 Å². The second-order valence-corrected chi connectivity index (χ2v) is 7.29. The Labute approximate surface area is 175 Å². The van der Waals surface area contributed by atoms with Gasteiger partial charge in [0, 0.05) is 30.9 Å². The maximum atomic E-state index is 13.4. The van der Waals surface area contributed by atoms with Crippen molar-refractivity contribution in [2.75, 3.05) is 0 Å². The van der Waals surface area contributed by atoms with Crippen molar-refractivity contribution in [2.24, 2.45) is 0 Å². The lowest BCUT2D eigenvalue weighted by molar-refractivity contribution is 0.0724. The first-order valence-corrected chi connectivity index (χ1v) is 10.0. The molecule has 1 N–H and O–H groups in total. The van der Waals surface area contributed by atoms with Crippen LogP contribution in [-0.4, -0.2) is 20.8 Å². The van der Waals surface area contributed by atoms with Crippen LogP contribution in [0.15, 0.2) is 83.9 Å². The number of aromatic nitrogens is 2. The van der Waals surface area contributed by atoms with Gasteiger partial charge in [0.2, 0.25) is 0 Å². The molecule has 0 saturated heterocycles. The van der Waals surface area contributed by atoms with Gasteiger partial charge in [-0.15, -0.1) is 0 Å². The van der Waals surface area contributed by atoms with Crippen LogP contribution in [0.3, 0.4) is 0 Å². The Hall–Kier alpha value is -3.73. The summed E-state index contributed by atoms with van der Waals surface area (Å²) in [5, 5.41) is 1.32. The van der Waals surface area contributed by atoms with Crippen LogP contribution in [0.2, 0.25) is 0 Å². The van der Waals surface area contributed by atoms with Gasteiger partial charge in [0.25, 0.3) is 11.5 Å². The smallest absolute Gasteiger partial charge is 0.270 e. The lowest BCUT2D eigenvalue weighted by Gasteiger charge is -2.23. The number of fused-ring (bicyclic) bond motifs is 1. The molecule has 0 bridgehead atoms. The number of carbonyl (C=O) groups is 1. The maximum Gasteiger partial charge on any atom is 0.270 e. The number of H-pyrrole nitrogens is 1. The third-order valence-electron chi connectivity index (χ3n) is 5.17. The van der Waals surface area contributed by atoms with Crippen molar-refractivity contribution in [1.29, 1.82) is 0 Å². The average Bonchev–Trinajstić information content (AvgIpc) is 2.79. The number of pyridine rings is 2. The first-order valence-electron chi connectivity index (χ1n) is 10.0. The molecule has 4 rings (SSSR count). The predicted molar refractivity (Wildman–Crippen MR) is 118 cm³/mol. The van der Waals surface area contributed by atoms with E-state index in [1.807, 2.05) is 42.5 Å². The van der Waals surface area contributed by atoms with Crippen LogP contribution in [0.1, 0.15) is 34.1 Å². The summed E-state index contributed by atoms with van der Waals surface area (Å²) in [6.45, 7) is 2.95. The van der Waals surface area contributed by atoms with Gasteiger partial charge in [0.05, 0.1) is 0 Å². The summed E-state index contributed by atoms with van der Waals surface area (Å²) in [4.78, 5) is 34.5. The number of aromatic amines is 1.